The van der Waals surface area contributed by atoms with Gasteiger partial charge in [-0.25, -0.2) is 4.79 Å². The second kappa shape index (κ2) is 5.07. The van der Waals surface area contributed by atoms with Crippen LogP contribution in [0.3, 0.4) is 0 Å². The van der Waals surface area contributed by atoms with Crippen LogP contribution < -0.4 is 0 Å². The lowest BCUT2D eigenvalue weighted by molar-refractivity contribution is -0.144. The van der Waals surface area contributed by atoms with Crippen molar-refractivity contribution in [3.05, 3.63) is 23.5 Å². The van der Waals surface area contributed by atoms with Crippen LogP contribution in [0.25, 0.3) is 0 Å². The molecule has 1 aromatic rings. The van der Waals surface area contributed by atoms with Gasteiger partial charge in [0.05, 0.1) is 0 Å². The largest absolute Gasteiger partial charge is 0.480 e. The lowest BCUT2D eigenvalue weighted by atomic mass is 9.92. The molecule has 1 aromatic heterocycles. The number of nitrogens with zero attached hydrogens (tertiary/aromatic N) is 2. The molecule has 1 fully saturated rings. The standard InChI is InChI=1S/C14H20N2O3/c1-9-6-7-16(12(8-9)14(18)19)13(17)11-5-4-10(2)15(11)3/h4-5,9,12H,6-8H2,1-3H3,(H,18,19). The highest BCUT2D eigenvalue weighted by Crippen LogP contribution is 2.24. The fourth-order valence-electron chi connectivity index (χ4n) is 2.59. The molecule has 0 aromatic carbocycles. The summed E-state index contributed by atoms with van der Waals surface area (Å²) in [7, 11) is 1.82. The number of carboxylic acid groups (broad SMARTS) is 1. The highest BCUT2D eigenvalue weighted by atomic mass is 16.4. The maximum atomic E-state index is 12.5. The van der Waals surface area contributed by atoms with Crippen LogP contribution >= 0.6 is 0 Å². The van der Waals surface area contributed by atoms with E-state index in [-0.39, 0.29) is 5.91 Å². The van der Waals surface area contributed by atoms with Crippen LogP contribution in [0.15, 0.2) is 12.1 Å². The maximum Gasteiger partial charge on any atom is 0.326 e. The molecule has 5 nitrogen and oxygen atoms in total. The number of hydrogen-bond acceptors (Lipinski definition) is 2. The Labute approximate surface area is 112 Å². The van der Waals surface area contributed by atoms with Crippen LogP contribution in [0.5, 0.6) is 0 Å². The normalized spacial score (nSPS) is 23.4. The molecule has 0 saturated carbocycles. The Morgan fingerprint density at radius 2 is 2.05 bits per heavy atom. The van der Waals surface area contributed by atoms with Gasteiger partial charge in [-0.15, -0.1) is 0 Å². The van der Waals surface area contributed by atoms with Gasteiger partial charge in [0, 0.05) is 19.3 Å². The average molecular weight is 264 g/mol. The van der Waals surface area contributed by atoms with E-state index >= 15 is 0 Å². The van der Waals surface area contributed by atoms with Crippen molar-refractivity contribution in [1.29, 1.82) is 0 Å². The van der Waals surface area contributed by atoms with Gasteiger partial charge < -0.3 is 14.6 Å². The number of carbonyl (C=O) groups excluding carboxylic acids is 1. The van der Waals surface area contributed by atoms with Crippen LogP contribution in [0.4, 0.5) is 0 Å². The van der Waals surface area contributed by atoms with E-state index < -0.39 is 12.0 Å². The minimum Gasteiger partial charge on any atom is -0.480 e. The second-order valence-electron chi connectivity index (χ2n) is 5.40. The predicted octanol–water partition coefficient (Wildman–Crippen LogP) is 1.66. The molecular weight excluding hydrogens is 244 g/mol. The Balaban J connectivity index is 2.26. The summed E-state index contributed by atoms with van der Waals surface area (Å²) in [6.45, 7) is 4.47. The van der Waals surface area contributed by atoms with E-state index in [9.17, 15) is 14.7 Å². The Morgan fingerprint density at radius 1 is 1.37 bits per heavy atom. The van der Waals surface area contributed by atoms with Gasteiger partial charge in [0.25, 0.3) is 5.91 Å². The van der Waals surface area contributed by atoms with Gasteiger partial charge in [-0.1, -0.05) is 6.92 Å². The molecular formula is C14H20N2O3. The summed E-state index contributed by atoms with van der Waals surface area (Å²) in [6.07, 6.45) is 1.39. The number of aromatic nitrogens is 1. The van der Waals surface area contributed by atoms with E-state index in [1.54, 1.807) is 10.6 Å². The minimum atomic E-state index is -0.911. The van der Waals surface area contributed by atoms with Crippen molar-refractivity contribution in [3.8, 4) is 0 Å². The Hall–Kier alpha value is -1.78. The van der Waals surface area contributed by atoms with E-state index in [4.69, 9.17) is 0 Å². The van der Waals surface area contributed by atoms with E-state index in [0.717, 1.165) is 12.1 Å². The van der Waals surface area contributed by atoms with E-state index in [1.165, 1.54) is 4.90 Å². The summed E-state index contributed by atoms with van der Waals surface area (Å²) in [4.78, 5) is 25.3. The molecule has 0 aliphatic carbocycles. The third kappa shape index (κ3) is 2.50. The summed E-state index contributed by atoms with van der Waals surface area (Å²) in [5, 5.41) is 9.30. The number of aryl methyl sites for hydroxylation is 1. The summed E-state index contributed by atoms with van der Waals surface area (Å²) in [5.41, 5.74) is 1.54. The van der Waals surface area contributed by atoms with Crippen LogP contribution in [-0.4, -0.2) is 39.0 Å². The Kier molecular flexibility index (Phi) is 3.64. The van der Waals surface area contributed by atoms with Gasteiger partial charge in [0.15, 0.2) is 0 Å². The summed E-state index contributed by atoms with van der Waals surface area (Å²) >= 11 is 0. The first-order valence-corrected chi connectivity index (χ1v) is 6.58. The minimum absolute atomic E-state index is 0.185. The first-order valence-electron chi connectivity index (χ1n) is 6.58. The van der Waals surface area contributed by atoms with Crippen LogP contribution in [0, 0.1) is 12.8 Å². The van der Waals surface area contributed by atoms with Crippen LogP contribution in [0.1, 0.15) is 35.9 Å². The average Bonchev–Trinajstić information content (AvgIpc) is 2.69. The number of carboxylic acids is 1. The summed E-state index contributed by atoms with van der Waals surface area (Å²) in [6, 6.07) is 2.93. The Morgan fingerprint density at radius 3 is 2.58 bits per heavy atom. The number of hydrogen-bond donors (Lipinski definition) is 1. The van der Waals surface area contributed by atoms with Crippen molar-refractivity contribution >= 4 is 11.9 Å². The van der Waals surface area contributed by atoms with Crippen molar-refractivity contribution in [3.63, 3.8) is 0 Å². The van der Waals surface area contributed by atoms with Crippen LogP contribution in [-0.2, 0) is 11.8 Å². The van der Waals surface area contributed by atoms with Crippen molar-refractivity contribution in [2.45, 2.75) is 32.7 Å². The van der Waals surface area contributed by atoms with Gasteiger partial charge in [0.1, 0.15) is 11.7 Å². The maximum absolute atomic E-state index is 12.5. The monoisotopic (exact) mass is 264 g/mol. The van der Waals surface area contributed by atoms with E-state index in [0.29, 0.717) is 24.6 Å². The molecule has 104 valence electrons. The van der Waals surface area contributed by atoms with Gasteiger partial charge in [-0.2, -0.15) is 0 Å². The molecule has 1 N–H and O–H groups in total. The van der Waals surface area contributed by atoms with Crippen LogP contribution in [0.2, 0.25) is 0 Å². The topological polar surface area (TPSA) is 62.5 Å². The third-order valence-electron chi connectivity index (χ3n) is 4.00. The number of carbonyl (C=O) groups is 2. The Bertz CT molecular complexity index is 507. The summed E-state index contributed by atoms with van der Waals surface area (Å²) in [5.74, 6) is -0.749. The molecule has 19 heavy (non-hydrogen) atoms. The van der Waals surface area contributed by atoms with E-state index in [2.05, 4.69) is 0 Å². The quantitative estimate of drug-likeness (QED) is 0.883. The number of rotatable bonds is 2. The number of amides is 1. The first kappa shape index (κ1) is 13.6. The highest BCUT2D eigenvalue weighted by Gasteiger charge is 2.35. The second-order valence-corrected chi connectivity index (χ2v) is 5.40. The lowest BCUT2D eigenvalue weighted by Gasteiger charge is -2.36. The third-order valence-corrected chi connectivity index (χ3v) is 4.00. The number of likely N-dealkylation sites (tertiary alicyclic amines) is 1. The fraction of sp³-hybridized carbons (Fsp3) is 0.571. The zero-order valence-corrected chi connectivity index (χ0v) is 11.6. The molecule has 1 aliphatic rings. The summed E-state index contributed by atoms with van der Waals surface area (Å²) < 4.78 is 1.80. The zero-order chi connectivity index (χ0) is 14.2. The number of piperidine rings is 1. The molecule has 2 atom stereocenters. The molecule has 2 unspecified atom stereocenters. The molecule has 1 saturated heterocycles. The number of aliphatic carboxylic acids is 1. The molecule has 1 aliphatic heterocycles. The zero-order valence-electron chi connectivity index (χ0n) is 11.6. The molecule has 2 heterocycles. The van der Waals surface area contributed by atoms with Crippen molar-refractivity contribution < 1.29 is 14.7 Å². The van der Waals surface area contributed by atoms with Gasteiger partial charge in [-0.3, -0.25) is 4.79 Å². The van der Waals surface area contributed by atoms with Crippen molar-refractivity contribution in [1.82, 2.24) is 9.47 Å². The fourth-order valence-corrected chi connectivity index (χ4v) is 2.59. The van der Waals surface area contributed by atoms with Gasteiger partial charge in [0.2, 0.25) is 0 Å². The van der Waals surface area contributed by atoms with Gasteiger partial charge >= 0.3 is 5.97 Å². The predicted molar refractivity (Wildman–Crippen MR) is 71.0 cm³/mol. The first-order chi connectivity index (χ1) is 8.91. The lowest BCUT2D eigenvalue weighted by Crippen LogP contribution is -2.50. The van der Waals surface area contributed by atoms with Crippen molar-refractivity contribution in [2.75, 3.05) is 6.54 Å². The van der Waals surface area contributed by atoms with Gasteiger partial charge in [-0.05, 0) is 37.8 Å². The molecule has 0 bridgehead atoms. The molecule has 0 spiro atoms. The molecule has 2 rings (SSSR count). The smallest absolute Gasteiger partial charge is 0.326 e. The molecule has 5 heteroatoms. The van der Waals surface area contributed by atoms with E-state index in [1.807, 2.05) is 27.0 Å². The molecule has 1 amide bonds. The van der Waals surface area contributed by atoms with Crippen molar-refractivity contribution in [2.24, 2.45) is 13.0 Å². The SMILES string of the molecule is Cc1ccc(C(=O)N2CCC(C)CC2C(=O)O)n1C. The highest BCUT2D eigenvalue weighted by molar-refractivity contribution is 5.95. The molecule has 0 radical (unpaired) electrons.